The molecule has 4 unspecified atom stereocenters. The van der Waals surface area contributed by atoms with Crippen LogP contribution in [0.1, 0.15) is 53.4 Å². The van der Waals surface area contributed by atoms with Gasteiger partial charge in [-0.25, -0.2) is 0 Å². The van der Waals surface area contributed by atoms with Gasteiger partial charge in [-0.3, -0.25) is 0 Å². The zero-order valence-electron chi connectivity index (χ0n) is 11.4. The summed E-state index contributed by atoms with van der Waals surface area (Å²) < 4.78 is 0. The van der Waals surface area contributed by atoms with E-state index in [-0.39, 0.29) is 0 Å². The van der Waals surface area contributed by atoms with Crippen molar-refractivity contribution in [2.24, 2.45) is 17.8 Å². The Labute approximate surface area is 101 Å². The molecule has 0 aromatic carbocycles. The van der Waals surface area contributed by atoms with Crippen LogP contribution in [0, 0.1) is 17.8 Å². The van der Waals surface area contributed by atoms with E-state index in [1.54, 1.807) is 0 Å². The molecule has 0 saturated heterocycles. The molecule has 1 rings (SSSR count). The van der Waals surface area contributed by atoms with Gasteiger partial charge in [-0.1, -0.05) is 27.2 Å². The van der Waals surface area contributed by atoms with Gasteiger partial charge in [0.25, 0.3) is 0 Å². The van der Waals surface area contributed by atoms with Crippen LogP contribution in [-0.2, 0) is 0 Å². The molecule has 0 heterocycles. The number of rotatable bonds is 5. The zero-order chi connectivity index (χ0) is 12.1. The van der Waals surface area contributed by atoms with Crippen LogP contribution < -0.4 is 5.32 Å². The quantitative estimate of drug-likeness (QED) is 0.757. The number of aliphatic hydroxyl groups is 1. The average molecular weight is 227 g/mol. The predicted molar refractivity (Wildman–Crippen MR) is 69.4 cm³/mol. The lowest BCUT2D eigenvalue weighted by Crippen LogP contribution is -2.46. The second-order valence-electron chi connectivity index (χ2n) is 6.01. The number of hydrogen-bond acceptors (Lipinski definition) is 2. The summed E-state index contributed by atoms with van der Waals surface area (Å²) in [5, 5.41) is 12.7. The van der Waals surface area contributed by atoms with E-state index in [0.29, 0.717) is 18.7 Å². The molecule has 2 N–H and O–H groups in total. The molecule has 0 aromatic heterocycles. The largest absolute Gasteiger partial charge is 0.396 e. The number of hydrogen-bond donors (Lipinski definition) is 2. The second-order valence-corrected chi connectivity index (χ2v) is 6.01. The van der Waals surface area contributed by atoms with Gasteiger partial charge in [0.15, 0.2) is 0 Å². The van der Waals surface area contributed by atoms with E-state index < -0.39 is 0 Å². The molecule has 1 aliphatic rings. The van der Waals surface area contributed by atoms with Crippen molar-refractivity contribution in [1.29, 1.82) is 0 Å². The summed E-state index contributed by atoms with van der Waals surface area (Å²) in [6, 6.07) is 1.10. The van der Waals surface area contributed by atoms with Crippen LogP contribution in [0.2, 0.25) is 0 Å². The summed E-state index contributed by atoms with van der Waals surface area (Å²) in [6.45, 7) is 9.52. The molecule has 16 heavy (non-hydrogen) atoms. The van der Waals surface area contributed by atoms with Gasteiger partial charge in [0.2, 0.25) is 0 Å². The zero-order valence-corrected chi connectivity index (χ0v) is 11.4. The molecule has 0 aliphatic heterocycles. The molecule has 2 nitrogen and oxygen atoms in total. The molecular weight excluding hydrogens is 198 g/mol. The molecule has 2 heteroatoms. The average Bonchev–Trinajstić information content (AvgIpc) is 2.17. The van der Waals surface area contributed by atoms with E-state index in [1.807, 2.05) is 0 Å². The highest BCUT2D eigenvalue weighted by Gasteiger charge is 2.30. The van der Waals surface area contributed by atoms with Crippen LogP contribution in [0.4, 0.5) is 0 Å². The van der Waals surface area contributed by atoms with E-state index >= 15 is 0 Å². The van der Waals surface area contributed by atoms with E-state index in [1.165, 1.54) is 19.3 Å². The Balaban J connectivity index is 2.50. The van der Waals surface area contributed by atoms with E-state index in [0.717, 1.165) is 24.2 Å². The molecule has 0 aromatic rings. The molecule has 1 saturated carbocycles. The van der Waals surface area contributed by atoms with Crippen molar-refractivity contribution in [3.05, 3.63) is 0 Å². The fourth-order valence-electron chi connectivity index (χ4n) is 3.04. The highest BCUT2D eigenvalue weighted by atomic mass is 16.3. The summed E-state index contributed by atoms with van der Waals surface area (Å²) in [5.41, 5.74) is 0. The first-order valence-corrected chi connectivity index (χ1v) is 6.91. The third-order valence-electron chi connectivity index (χ3n) is 4.08. The van der Waals surface area contributed by atoms with Crippen molar-refractivity contribution in [2.75, 3.05) is 6.61 Å². The second kappa shape index (κ2) is 6.61. The first kappa shape index (κ1) is 14.0. The van der Waals surface area contributed by atoms with E-state index in [9.17, 15) is 0 Å². The summed E-state index contributed by atoms with van der Waals surface area (Å²) in [6.07, 6.45) is 4.92. The van der Waals surface area contributed by atoms with Gasteiger partial charge in [0.1, 0.15) is 0 Å². The van der Waals surface area contributed by atoms with Crippen molar-refractivity contribution in [3.8, 4) is 0 Å². The van der Waals surface area contributed by atoms with Crippen LogP contribution in [0.3, 0.4) is 0 Å². The lowest BCUT2D eigenvalue weighted by atomic mass is 9.74. The van der Waals surface area contributed by atoms with Gasteiger partial charge in [-0.15, -0.1) is 0 Å². The number of aliphatic hydroxyl groups excluding tert-OH is 1. The smallest absolute Gasteiger partial charge is 0.0445 e. The summed E-state index contributed by atoms with van der Waals surface area (Å²) in [5.74, 6) is 2.44. The highest BCUT2D eigenvalue weighted by Crippen LogP contribution is 2.33. The molecule has 1 fully saturated rings. The van der Waals surface area contributed by atoms with Crippen molar-refractivity contribution in [1.82, 2.24) is 5.32 Å². The summed E-state index contributed by atoms with van der Waals surface area (Å²) >= 11 is 0. The lowest BCUT2D eigenvalue weighted by Gasteiger charge is -2.39. The summed E-state index contributed by atoms with van der Waals surface area (Å²) in [7, 11) is 0. The van der Waals surface area contributed by atoms with Gasteiger partial charge in [-0.2, -0.15) is 0 Å². The maximum absolute atomic E-state index is 8.95. The maximum Gasteiger partial charge on any atom is 0.0445 e. The molecule has 0 spiro atoms. The fourth-order valence-corrected chi connectivity index (χ4v) is 3.04. The normalized spacial score (nSPS) is 33.0. The van der Waals surface area contributed by atoms with Gasteiger partial charge in [-0.05, 0) is 43.9 Å². The maximum atomic E-state index is 8.95. The van der Waals surface area contributed by atoms with E-state index in [4.69, 9.17) is 5.11 Å². The van der Waals surface area contributed by atoms with Crippen LogP contribution >= 0.6 is 0 Å². The molecule has 96 valence electrons. The Morgan fingerprint density at radius 1 is 1.25 bits per heavy atom. The predicted octanol–water partition coefficient (Wildman–Crippen LogP) is 2.81. The standard InChI is InChI=1S/C14H29NO/c1-10(2)13-6-5-11(3)9-14(13)15-12(4)7-8-16/h10-16H,5-9H2,1-4H3. The van der Waals surface area contributed by atoms with Gasteiger partial charge >= 0.3 is 0 Å². The van der Waals surface area contributed by atoms with Gasteiger partial charge < -0.3 is 10.4 Å². The third-order valence-corrected chi connectivity index (χ3v) is 4.08. The Morgan fingerprint density at radius 2 is 1.94 bits per heavy atom. The Kier molecular flexibility index (Phi) is 5.77. The SMILES string of the molecule is CC1CCC(C(C)C)C(NC(C)CCO)C1. The van der Waals surface area contributed by atoms with Crippen LogP contribution in [0.25, 0.3) is 0 Å². The molecule has 0 bridgehead atoms. The molecular formula is C14H29NO. The lowest BCUT2D eigenvalue weighted by molar-refractivity contribution is 0.154. The molecule has 4 atom stereocenters. The van der Waals surface area contributed by atoms with Crippen LogP contribution in [0.5, 0.6) is 0 Å². The van der Waals surface area contributed by atoms with Crippen molar-refractivity contribution >= 4 is 0 Å². The molecule has 0 amide bonds. The fraction of sp³-hybridized carbons (Fsp3) is 1.00. The van der Waals surface area contributed by atoms with Crippen molar-refractivity contribution in [2.45, 2.75) is 65.5 Å². The molecule has 0 radical (unpaired) electrons. The highest BCUT2D eigenvalue weighted by molar-refractivity contribution is 4.86. The molecule has 1 aliphatic carbocycles. The topological polar surface area (TPSA) is 32.3 Å². The Morgan fingerprint density at radius 3 is 2.50 bits per heavy atom. The summed E-state index contributed by atoms with van der Waals surface area (Å²) in [4.78, 5) is 0. The monoisotopic (exact) mass is 227 g/mol. The Bertz CT molecular complexity index is 193. The van der Waals surface area contributed by atoms with Gasteiger partial charge in [0, 0.05) is 18.7 Å². The van der Waals surface area contributed by atoms with Crippen molar-refractivity contribution < 1.29 is 5.11 Å². The minimum Gasteiger partial charge on any atom is -0.396 e. The van der Waals surface area contributed by atoms with E-state index in [2.05, 4.69) is 33.0 Å². The first-order chi connectivity index (χ1) is 7.54. The number of nitrogens with one attached hydrogen (secondary N) is 1. The third kappa shape index (κ3) is 4.06. The van der Waals surface area contributed by atoms with Crippen LogP contribution in [0.15, 0.2) is 0 Å². The van der Waals surface area contributed by atoms with Gasteiger partial charge in [0.05, 0.1) is 0 Å². The Hall–Kier alpha value is -0.0800. The van der Waals surface area contributed by atoms with Crippen molar-refractivity contribution in [3.63, 3.8) is 0 Å². The minimum atomic E-state index is 0.294. The first-order valence-electron chi connectivity index (χ1n) is 6.91. The van der Waals surface area contributed by atoms with Crippen LogP contribution in [-0.4, -0.2) is 23.8 Å². The minimum absolute atomic E-state index is 0.294.